The third-order valence-electron chi connectivity index (χ3n) is 4.82. The number of nitrogens with two attached hydrogens (primary N) is 1. The average Bonchev–Trinajstić information content (AvgIpc) is 2.40. The lowest BCUT2D eigenvalue weighted by molar-refractivity contribution is 0.0312. The number of sulfone groups is 1. The van der Waals surface area contributed by atoms with Crippen LogP contribution in [0.5, 0.6) is 0 Å². The van der Waals surface area contributed by atoms with Crippen molar-refractivity contribution < 1.29 is 13.2 Å². The average molecular weight is 290 g/mol. The summed E-state index contributed by atoms with van der Waals surface area (Å²) in [6.07, 6.45) is 3.55. The van der Waals surface area contributed by atoms with Crippen molar-refractivity contribution in [2.45, 2.75) is 31.2 Å². The molecule has 19 heavy (non-hydrogen) atoms. The van der Waals surface area contributed by atoms with Crippen molar-refractivity contribution in [3.63, 3.8) is 0 Å². The molecule has 0 amide bonds. The minimum Gasteiger partial charge on any atom is -0.381 e. The molecule has 2 fully saturated rings. The lowest BCUT2D eigenvalue weighted by Gasteiger charge is -2.45. The van der Waals surface area contributed by atoms with Crippen LogP contribution in [0.1, 0.15) is 25.7 Å². The van der Waals surface area contributed by atoms with E-state index in [0.717, 1.165) is 32.6 Å². The van der Waals surface area contributed by atoms with E-state index >= 15 is 0 Å². The Morgan fingerprint density at radius 3 is 2.37 bits per heavy atom. The second kappa shape index (κ2) is 6.08. The highest BCUT2D eigenvalue weighted by atomic mass is 32.2. The molecule has 2 aliphatic heterocycles. The van der Waals surface area contributed by atoms with E-state index in [1.807, 2.05) is 0 Å². The molecule has 112 valence electrons. The summed E-state index contributed by atoms with van der Waals surface area (Å²) in [4.78, 5) is 2.32. The molecule has 0 aromatic rings. The van der Waals surface area contributed by atoms with Crippen molar-refractivity contribution in [2.75, 3.05) is 44.9 Å². The van der Waals surface area contributed by atoms with Gasteiger partial charge in [-0.1, -0.05) is 0 Å². The zero-order valence-electron chi connectivity index (χ0n) is 11.8. The Bertz CT molecular complexity index is 377. The van der Waals surface area contributed by atoms with Gasteiger partial charge in [-0.2, -0.15) is 0 Å². The number of hydrogen-bond donors (Lipinski definition) is 1. The Labute approximate surface area is 116 Å². The van der Waals surface area contributed by atoms with Crippen LogP contribution in [0.3, 0.4) is 0 Å². The van der Waals surface area contributed by atoms with Gasteiger partial charge in [-0.3, -0.25) is 4.90 Å². The molecule has 0 saturated carbocycles. The first-order chi connectivity index (χ1) is 8.97. The molecule has 6 heteroatoms. The molecule has 2 N–H and O–H groups in total. The number of rotatable bonds is 4. The summed E-state index contributed by atoms with van der Waals surface area (Å²) >= 11 is 0. The standard InChI is InChI=1S/C13H26N2O3S/c1-15(10-12-2-6-18-7-3-12)13(11-14)4-8-19(16,17)9-5-13/h12H,2-11,14H2,1H3. The summed E-state index contributed by atoms with van der Waals surface area (Å²) < 4.78 is 28.6. The van der Waals surface area contributed by atoms with E-state index in [2.05, 4.69) is 11.9 Å². The van der Waals surface area contributed by atoms with Crippen LogP contribution in [0.2, 0.25) is 0 Å². The SMILES string of the molecule is CN(CC1CCOCC1)C1(CN)CCS(=O)(=O)CC1. The van der Waals surface area contributed by atoms with Gasteiger partial charge in [0.25, 0.3) is 0 Å². The largest absolute Gasteiger partial charge is 0.381 e. The van der Waals surface area contributed by atoms with E-state index in [4.69, 9.17) is 10.5 Å². The van der Waals surface area contributed by atoms with Crippen LogP contribution in [0, 0.1) is 5.92 Å². The van der Waals surface area contributed by atoms with Gasteiger partial charge in [0, 0.05) is 31.8 Å². The zero-order valence-corrected chi connectivity index (χ0v) is 12.6. The third kappa shape index (κ3) is 3.68. The Morgan fingerprint density at radius 2 is 1.84 bits per heavy atom. The predicted molar refractivity (Wildman–Crippen MR) is 75.8 cm³/mol. The summed E-state index contributed by atoms with van der Waals surface area (Å²) in [5, 5.41) is 0. The first-order valence-electron chi connectivity index (χ1n) is 7.17. The minimum atomic E-state index is -2.83. The molecule has 0 spiro atoms. The highest BCUT2D eigenvalue weighted by Crippen LogP contribution is 2.30. The summed E-state index contributed by atoms with van der Waals surface area (Å²) in [6.45, 7) is 3.24. The number of hydrogen-bond acceptors (Lipinski definition) is 5. The first-order valence-corrected chi connectivity index (χ1v) is 8.99. The fraction of sp³-hybridized carbons (Fsp3) is 1.00. The molecular weight excluding hydrogens is 264 g/mol. The molecule has 5 nitrogen and oxygen atoms in total. The highest BCUT2D eigenvalue weighted by Gasteiger charge is 2.40. The van der Waals surface area contributed by atoms with E-state index < -0.39 is 9.84 Å². The lowest BCUT2D eigenvalue weighted by Crippen LogP contribution is -2.57. The predicted octanol–water partition coefficient (Wildman–Crippen LogP) is 0.251. The molecule has 2 rings (SSSR count). The summed E-state index contributed by atoms with van der Waals surface area (Å²) in [5.41, 5.74) is 5.85. The number of nitrogens with zero attached hydrogens (tertiary/aromatic N) is 1. The van der Waals surface area contributed by atoms with Crippen molar-refractivity contribution in [2.24, 2.45) is 11.7 Å². The van der Waals surface area contributed by atoms with Crippen LogP contribution >= 0.6 is 0 Å². The molecule has 0 aromatic heterocycles. The van der Waals surface area contributed by atoms with Gasteiger partial charge in [-0.15, -0.1) is 0 Å². The Balaban J connectivity index is 1.96. The maximum absolute atomic E-state index is 11.6. The highest BCUT2D eigenvalue weighted by molar-refractivity contribution is 7.91. The quantitative estimate of drug-likeness (QED) is 0.803. The van der Waals surface area contributed by atoms with Gasteiger partial charge in [0.05, 0.1) is 11.5 Å². The Morgan fingerprint density at radius 1 is 1.26 bits per heavy atom. The molecule has 2 heterocycles. The maximum atomic E-state index is 11.6. The van der Waals surface area contributed by atoms with Crippen molar-refractivity contribution in [1.82, 2.24) is 4.90 Å². The van der Waals surface area contributed by atoms with Gasteiger partial charge in [0.2, 0.25) is 0 Å². The lowest BCUT2D eigenvalue weighted by atomic mass is 9.88. The van der Waals surface area contributed by atoms with E-state index in [9.17, 15) is 8.42 Å². The van der Waals surface area contributed by atoms with Gasteiger partial charge in [-0.25, -0.2) is 8.42 Å². The molecule has 0 unspecified atom stereocenters. The number of likely N-dealkylation sites (N-methyl/N-ethyl adjacent to an activating group) is 1. The first kappa shape index (κ1) is 15.2. The van der Waals surface area contributed by atoms with E-state index in [1.54, 1.807) is 0 Å². The molecule has 0 aromatic carbocycles. The van der Waals surface area contributed by atoms with Crippen LogP contribution < -0.4 is 5.73 Å². The Kier molecular flexibility index (Phi) is 4.87. The fourth-order valence-corrected chi connectivity index (χ4v) is 4.76. The van der Waals surface area contributed by atoms with E-state index in [1.165, 1.54) is 0 Å². The minimum absolute atomic E-state index is 0.121. The molecule has 0 bridgehead atoms. The van der Waals surface area contributed by atoms with Gasteiger partial charge in [0.15, 0.2) is 0 Å². The second-order valence-electron chi connectivity index (χ2n) is 6.02. The molecule has 0 radical (unpaired) electrons. The monoisotopic (exact) mass is 290 g/mol. The Hall–Kier alpha value is -0.170. The van der Waals surface area contributed by atoms with E-state index in [-0.39, 0.29) is 17.0 Å². The van der Waals surface area contributed by atoms with Gasteiger partial charge in [-0.05, 0) is 38.6 Å². The second-order valence-corrected chi connectivity index (χ2v) is 8.32. The zero-order chi connectivity index (χ0) is 13.9. The van der Waals surface area contributed by atoms with Crippen LogP contribution in [0.4, 0.5) is 0 Å². The van der Waals surface area contributed by atoms with E-state index in [0.29, 0.717) is 25.3 Å². The van der Waals surface area contributed by atoms with Gasteiger partial charge in [0.1, 0.15) is 9.84 Å². The van der Waals surface area contributed by atoms with Crippen molar-refractivity contribution in [3.8, 4) is 0 Å². The summed E-state index contributed by atoms with van der Waals surface area (Å²) in [5.74, 6) is 1.21. The smallest absolute Gasteiger partial charge is 0.150 e. The van der Waals surface area contributed by atoms with Crippen LogP contribution in [-0.4, -0.2) is 63.7 Å². The summed E-state index contributed by atoms with van der Waals surface area (Å²) in [6, 6.07) is 0. The van der Waals surface area contributed by atoms with Crippen LogP contribution in [-0.2, 0) is 14.6 Å². The van der Waals surface area contributed by atoms with Crippen molar-refractivity contribution in [1.29, 1.82) is 0 Å². The molecule has 2 saturated heterocycles. The topological polar surface area (TPSA) is 72.6 Å². The van der Waals surface area contributed by atoms with Crippen LogP contribution in [0.25, 0.3) is 0 Å². The fourth-order valence-electron chi connectivity index (χ4n) is 3.17. The van der Waals surface area contributed by atoms with Crippen molar-refractivity contribution in [3.05, 3.63) is 0 Å². The van der Waals surface area contributed by atoms with Gasteiger partial charge < -0.3 is 10.5 Å². The van der Waals surface area contributed by atoms with Crippen LogP contribution in [0.15, 0.2) is 0 Å². The number of ether oxygens (including phenoxy) is 1. The third-order valence-corrected chi connectivity index (χ3v) is 6.47. The molecular formula is C13H26N2O3S. The molecule has 0 aliphatic carbocycles. The normalized spacial score (nSPS) is 27.5. The van der Waals surface area contributed by atoms with Crippen molar-refractivity contribution >= 4 is 9.84 Å². The maximum Gasteiger partial charge on any atom is 0.150 e. The molecule has 2 aliphatic rings. The van der Waals surface area contributed by atoms with Gasteiger partial charge >= 0.3 is 0 Å². The molecule has 0 atom stereocenters. The summed E-state index contributed by atoms with van der Waals surface area (Å²) in [7, 11) is -0.735.